The van der Waals surface area contributed by atoms with Gasteiger partial charge in [-0.3, -0.25) is 9.69 Å². The van der Waals surface area contributed by atoms with E-state index in [-0.39, 0.29) is 28.7 Å². The summed E-state index contributed by atoms with van der Waals surface area (Å²) in [7, 11) is 0. The van der Waals surface area contributed by atoms with Crippen molar-refractivity contribution in [3.63, 3.8) is 0 Å². The van der Waals surface area contributed by atoms with E-state index in [1.54, 1.807) is 25.1 Å². The molecule has 0 saturated carbocycles. The van der Waals surface area contributed by atoms with Gasteiger partial charge in [0.2, 0.25) is 6.10 Å². The molecular formula is C31H40N2O6. The highest BCUT2D eigenvalue weighted by Gasteiger charge is 2.37. The third-order valence-corrected chi connectivity index (χ3v) is 7.41. The Labute approximate surface area is 231 Å². The van der Waals surface area contributed by atoms with Crippen molar-refractivity contribution in [1.82, 2.24) is 0 Å². The van der Waals surface area contributed by atoms with Crippen molar-refractivity contribution in [1.29, 1.82) is 0 Å². The van der Waals surface area contributed by atoms with Gasteiger partial charge in [0.1, 0.15) is 6.21 Å². The van der Waals surface area contributed by atoms with Gasteiger partial charge in [0.05, 0.1) is 17.9 Å². The lowest BCUT2D eigenvalue weighted by atomic mass is 9.63. The summed E-state index contributed by atoms with van der Waals surface area (Å²) in [6, 6.07) is 12.2. The number of carboxylic acids is 1. The Morgan fingerprint density at radius 2 is 1.69 bits per heavy atom. The number of oxime groups is 1. The van der Waals surface area contributed by atoms with Gasteiger partial charge in [-0.2, -0.15) is 0 Å². The number of benzene rings is 2. The number of hydrogen-bond acceptors (Lipinski definition) is 6. The zero-order valence-corrected chi connectivity index (χ0v) is 23.8. The quantitative estimate of drug-likeness (QED) is 0.199. The number of unbranched alkanes of at least 4 members (excludes halogenated alkanes) is 1. The number of hydrogen-bond donors (Lipinski definition) is 1. The summed E-state index contributed by atoms with van der Waals surface area (Å²) in [5.41, 5.74) is 2.91. The summed E-state index contributed by atoms with van der Waals surface area (Å²) in [5, 5.41) is 13.7. The molecule has 210 valence electrons. The van der Waals surface area contributed by atoms with E-state index < -0.39 is 23.9 Å². The van der Waals surface area contributed by atoms with Crippen LogP contribution in [0.4, 0.5) is 11.4 Å². The summed E-state index contributed by atoms with van der Waals surface area (Å²) in [5.74, 6) is -2.30. The molecule has 8 nitrogen and oxygen atoms in total. The maximum Gasteiger partial charge on any atom is 0.350 e. The molecule has 8 heteroatoms. The van der Waals surface area contributed by atoms with Crippen molar-refractivity contribution in [2.24, 2.45) is 5.16 Å². The Balaban J connectivity index is 2.05. The number of anilines is 2. The molecule has 1 unspecified atom stereocenters. The first-order valence-electron chi connectivity index (χ1n) is 13.6. The van der Waals surface area contributed by atoms with Gasteiger partial charge in [-0.25, -0.2) is 9.59 Å². The fourth-order valence-corrected chi connectivity index (χ4v) is 5.00. The topological polar surface area (TPSA) is 106 Å². The Hall–Kier alpha value is -3.68. The van der Waals surface area contributed by atoms with Crippen LogP contribution in [0.2, 0.25) is 0 Å². The highest BCUT2D eigenvalue weighted by Crippen LogP contribution is 2.47. The lowest BCUT2D eigenvalue weighted by Gasteiger charge is -2.42. The molecular weight excluding hydrogens is 496 g/mol. The average Bonchev–Trinajstić information content (AvgIpc) is 2.89. The maximum atomic E-state index is 13.7. The molecule has 0 bridgehead atoms. The lowest BCUT2D eigenvalue weighted by Crippen LogP contribution is -2.35. The number of carboxylic acid groups (broad SMARTS) is 1. The number of aromatic carboxylic acids is 1. The minimum absolute atomic E-state index is 0.0207. The minimum Gasteiger partial charge on any atom is -0.478 e. The SMILES string of the molecule is CCCCC(ON=CC(=O)N(c1ccc2c(c1)C(C)(C)CCC2(C)C)c1ccccc1C(=O)O)C(=O)OCC. The number of ether oxygens (including phenoxy) is 1. The first-order valence-corrected chi connectivity index (χ1v) is 13.6. The highest BCUT2D eigenvalue weighted by molar-refractivity contribution is 6.35. The molecule has 2 aromatic rings. The maximum absolute atomic E-state index is 13.7. The van der Waals surface area contributed by atoms with Crippen molar-refractivity contribution in [2.45, 2.75) is 90.6 Å². The second kappa shape index (κ2) is 12.5. The fourth-order valence-electron chi connectivity index (χ4n) is 5.00. The van der Waals surface area contributed by atoms with E-state index >= 15 is 0 Å². The van der Waals surface area contributed by atoms with Crippen molar-refractivity contribution >= 4 is 35.4 Å². The van der Waals surface area contributed by atoms with Gasteiger partial charge in [-0.05, 0) is 78.8 Å². The van der Waals surface area contributed by atoms with Gasteiger partial charge in [0, 0.05) is 5.69 Å². The Morgan fingerprint density at radius 3 is 2.33 bits per heavy atom. The Bertz CT molecular complexity index is 1230. The Kier molecular flexibility index (Phi) is 9.54. The van der Waals surface area contributed by atoms with Crippen molar-refractivity contribution in [3.8, 4) is 0 Å². The molecule has 0 aliphatic heterocycles. The summed E-state index contributed by atoms with van der Waals surface area (Å²) in [4.78, 5) is 44.8. The van der Waals surface area contributed by atoms with Gasteiger partial charge in [0.15, 0.2) is 0 Å². The molecule has 0 fully saturated rings. The van der Waals surface area contributed by atoms with Crippen LogP contribution in [0.1, 0.15) is 95.1 Å². The van der Waals surface area contributed by atoms with Gasteiger partial charge >= 0.3 is 11.9 Å². The van der Waals surface area contributed by atoms with Crippen LogP contribution in [-0.4, -0.2) is 41.9 Å². The van der Waals surface area contributed by atoms with Crippen molar-refractivity contribution < 1.29 is 29.1 Å². The van der Waals surface area contributed by atoms with Crippen LogP contribution in [0.3, 0.4) is 0 Å². The number of para-hydroxylation sites is 1. The predicted octanol–water partition coefficient (Wildman–Crippen LogP) is 6.52. The molecule has 0 aromatic heterocycles. The fraction of sp³-hybridized carbons (Fsp3) is 0.484. The molecule has 39 heavy (non-hydrogen) atoms. The summed E-state index contributed by atoms with van der Waals surface area (Å²) in [6.07, 6.45) is 4.06. The highest BCUT2D eigenvalue weighted by atomic mass is 16.7. The molecule has 2 aromatic carbocycles. The standard InChI is InChI=1S/C31H40N2O6/c1-7-9-14-26(29(37)38-8-2)39-32-20-27(34)33(25-13-11-10-12-22(25)28(35)36)21-15-16-23-24(19-21)31(5,6)18-17-30(23,3)4/h10-13,15-16,19-20,26H,7-9,14,17-18H2,1-6H3,(H,35,36). The van der Waals surface area contributed by atoms with Crippen LogP contribution < -0.4 is 4.90 Å². The predicted molar refractivity (Wildman–Crippen MR) is 152 cm³/mol. The second-order valence-corrected chi connectivity index (χ2v) is 11.2. The third kappa shape index (κ3) is 6.85. The van der Waals surface area contributed by atoms with Crippen LogP contribution in [0.15, 0.2) is 47.6 Å². The zero-order valence-electron chi connectivity index (χ0n) is 23.8. The van der Waals surface area contributed by atoms with E-state index in [0.29, 0.717) is 12.1 Å². The van der Waals surface area contributed by atoms with E-state index in [1.807, 2.05) is 25.1 Å². The molecule has 0 spiro atoms. The number of fused-ring (bicyclic) bond motifs is 1. The lowest BCUT2D eigenvalue weighted by molar-refractivity contribution is -0.157. The smallest absolute Gasteiger partial charge is 0.350 e. The van der Waals surface area contributed by atoms with Gasteiger partial charge in [0.25, 0.3) is 5.91 Å². The zero-order chi connectivity index (χ0) is 28.8. The molecule has 1 aliphatic rings. The van der Waals surface area contributed by atoms with Crippen LogP contribution in [0, 0.1) is 0 Å². The largest absolute Gasteiger partial charge is 0.478 e. The van der Waals surface area contributed by atoms with Gasteiger partial charge < -0.3 is 14.7 Å². The number of carbonyl (C=O) groups excluding carboxylic acids is 2. The minimum atomic E-state index is -1.15. The van der Waals surface area contributed by atoms with E-state index in [1.165, 1.54) is 16.5 Å². The molecule has 1 aliphatic carbocycles. The molecule has 0 heterocycles. The van der Waals surface area contributed by atoms with Crippen molar-refractivity contribution in [3.05, 3.63) is 59.2 Å². The first-order chi connectivity index (χ1) is 18.4. The summed E-state index contributed by atoms with van der Waals surface area (Å²) < 4.78 is 5.08. The molecule has 1 N–H and O–H groups in total. The molecule has 0 radical (unpaired) electrons. The molecule has 0 saturated heterocycles. The number of esters is 1. The second-order valence-electron chi connectivity index (χ2n) is 11.2. The normalized spacial score (nSPS) is 16.3. The third-order valence-electron chi connectivity index (χ3n) is 7.41. The van der Waals surface area contributed by atoms with Crippen LogP contribution in [-0.2, 0) is 30.0 Å². The molecule has 3 rings (SSSR count). The molecule has 1 amide bonds. The van der Waals surface area contributed by atoms with E-state index in [4.69, 9.17) is 9.57 Å². The number of nitrogens with zero attached hydrogens (tertiary/aromatic N) is 2. The monoisotopic (exact) mass is 536 g/mol. The Morgan fingerprint density at radius 1 is 1.03 bits per heavy atom. The van der Waals surface area contributed by atoms with Crippen molar-refractivity contribution in [2.75, 3.05) is 11.5 Å². The summed E-state index contributed by atoms with van der Waals surface area (Å²) >= 11 is 0. The van der Waals surface area contributed by atoms with Crippen LogP contribution >= 0.6 is 0 Å². The average molecular weight is 537 g/mol. The number of rotatable bonds is 11. The van der Waals surface area contributed by atoms with Crippen LogP contribution in [0.5, 0.6) is 0 Å². The van der Waals surface area contributed by atoms with Crippen LogP contribution in [0.25, 0.3) is 0 Å². The van der Waals surface area contributed by atoms with E-state index in [2.05, 4.69) is 32.9 Å². The van der Waals surface area contributed by atoms with E-state index in [9.17, 15) is 19.5 Å². The van der Waals surface area contributed by atoms with Gasteiger partial charge in [-0.1, -0.05) is 64.4 Å². The first kappa shape index (κ1) is 29.9. The molecule has 1 atom stereocenters. The van der Waals surface area contributed by atoms with E-state index in [0.717, 1.165) is 37.5 Å². The number of amides is 1. The van der Waals surface area contributed by atoms with Gasteiger partial charge in [-0.15, -0.1) is 0 Å². The number of carbonyl (C=O) groups is 3. The summed E-state index contributed by atoms with van der Waals surface area (Å²) in [6.45, 7) is 12.7.